The number of carbonyl (C=O) groups excluding carboxylic acids is 2. The van der Waals surface area contributed by atoms with E-state index in [-0.39, 0.29) is 23.1 Å². The second-order valence-corrected chi connectivity index (χ2v) is 9.95. The van der Waals surface area contributed by atoms with E-state index in [1.807, 2.05) is 17.5 Å². The molecule has 8 heteroatoms. The van der Waals surface area contributed by atoms with Gasteiger partial charge in [-0.1, -0.05) is 36.4 Å². The molecule has 166 valence electrons. The van der Waals surface area contributed by atoms with Gasteiger partial charge in [-0.2, -0.15) is 0 Å². The van der Waals surface area contributed by atoms with Gasteiger partial charge in [-0.3, -0.25) is 9.59 Å². The monoisotopic (exact) mass is 468 g/mol. The van der Waals surface area contributed by atoms with Crippen LogP contribution in [0.1, 0.15) is 38.1 Å². The topological polar surface area (TPSA) is 83.6 Å². The SMILES string of the molecule is C=CCN(Cc1cccs1)C(=O)c1ccc(CNS(=O)(=O)c2ccc(C(C)=O)cc2)cc1. The van der Waals surface area contributed by atoms with Crippen molar-refractivity contribution in [1.29, 1.82) is 0 Å². The van der Waals surface area contributed by atoms with Crippen LogP contribution in [0, 0.1) is 0 Å². The summed E-state index contributed by atoms with van der Waals surface area (Å²) in [5.41, 5.74) is 1.70. The quantitative estimate of drug-likeness (QED) is 0.356. The molecule has 6 nitrogen and oxygen atoms in total. The van der Waals surface area contributed by atoms with E-state index in [0.717, 1.165) is 10.4 Å². The third-order valence-electron chi connectivity index (χ3n) is 4.80. The fourth-order valence-electron chi connectivity index (χ4n) is 3.04. The summed E-state index contributed by atoms with van der Waals surface area (Å²) >= 11 is 1.59. The van der Waals surface area contributed by atoms with Crippen molar-refractivity contribution in [2.24, 2.45) is 0 Å². The van der Waals surface area contributed by atoms with Gasteiger partial charge in [-0.25, -0.2) is 13.1 Å². The maximum atomic E-state index is 12.9. The molecule has 0 bridgehead atoms. The highest BCUT2D eigenvalue weighted by molar-refractivity contribution is 7.89. The van der Waals surface area contributed by atoms with Gasteiger partial charge < -0.3 is 4.90 Å². The van der Waals surface area contributed by atoms with Crippen molar-refractivity contribution in [3.05, 3.63) is 100 Å². The average Bonchev–Trinajstić information content (AvgIpc) is 3.30. The lowest BCUT2D eigenvalue weighted by Crippen LogP contribution is -2.30. The number of sulfonamides is 1. The van der Waals surface area contributed by atoms with Crippen molar-refractivity contribution in [1.82, 2.24) is 9.62 Å². The summed E-state index contributed by atoms with van der Waals surface area (Å²) in [4.78, 5) is 27.1. The van der Waals surface area contributed by atoms with E-state index >= 15 is 0 Å². The first-order chi connectivity index (χ1) is 15.3. The Morgan fingerprint density at radius 1 is 1.03 bits per heavy atom. The molecule has 1 N–H and O–H groups in total. The number of nitrogens with one attached hydrogen (secondary N) is 1. The summed E-state index contributed by atoms with van der Waals surface area (Å²) in [6.07, 6.45) is 1.69. The predicted molar refractivity (Wildman–Crippen MR) is 126 cm³/mol. The van der Waals surface area contributed by atoms with Crippen molar-refractivity contribution in [2.45, 2.75) is 24.9 Å². The Labute approximate surface area is 192 Å². The zero-order chi connectivity index (χ0) is 23.1. The molecule has 0 aliphatic rings. The molecule has 3 rings (SSSR count). The number of Topliss-reactive ketones (excluding diaryl/α,β-unsaturated/α-hetero) is 1. The molecule has 1 heterocycles. The number of benzene rings is 2. The first-order valence-corrected chi connectivity index (χ1v) is 12.3. The van der Waals surface area contributed by atoms with Gasteiger partial charge in [-0.15, -0.1) is 17.9 Å². The molecule has 0 aliphatic carbocycles. The van der Waals surface area contributed by atoms with Crippen LogP contribution >= 0.6 is 11.3 Å². The molecule has 1 amide bonds. The van der Waals surface area contributed by atoms with E-state index in [0.29, 0.717) is 24.2 Å². The smallest absolute Gasteiger partial charge is 0.254 e. The molecule has 2 aromatic carbocycles. The van der Waals surface area contributed by atoms with Crippen LogP contribution in [0.15, 0.2) is 83.6 Å². The molecule has 0 aliphatic heterocycles. The van der Waals surface area contributed by atoms with Gasteiger partial charge in [0.15, 0.2) is 5.78 Å². The van der Waals surface area contributed by atoms with Gasteiger partial charge in [0.1, 0.15) is 0 Å². The Balaban J connectivity index is 1.65. The number of ketones is 1. The van der Waals surface area contributed by atoms with Crippen LogP contribution in [-0.2, 0) is 23.1 Å². The van der Waals surface area contributed by atoms with E-state index in [9.17, 15) is 18.0 Å². The maximum absolute atomic E-state index is 12.9. The highest BCUT2D eigenvalue weighted by Gasteiger charge is 2.17. The Morgan fingerprint density at radius 3 is 2.25 bits per heavy atom. The van der Waals surface area contributed by atoms with E-state index in [1.165, 1.54) is 31.2 Å². The fraction of sp³-hybridized carbons (Fsp3) is 0.167. The van der Waals surface area contributed by atoms with Gasteiger partial charge in [0, 0.05) is 29.1 Å². The maximum Gasteiger partial charge on any atom is 0.254 e. The Morgan fingerprint density at radius 2 is 1.69 bits per heavy atom. The third-order valence-corrected chi connectivity index (χ3v) is 7.08. The summed E-state index contributed by atoms with van der Waals surface area (Å²) in [6.45, 7) is 6.18. The van der Waals surface area contributed by atoms with Crippen molar-refractivity contribution < 1.29 is 18.0 Å². The van der Waals surface area contributed by atoms with Crippen molar-refractivity contribution in [2.75, 3.05) is 6.54 Å². The van der Waals surface area contributed by atoms with Crippen LogP contribution in [0.2, 0.25) is 0 Å². The van der Waals surface area contributed by atoms with Gasteiger partial charge in [0.2, 0.25) is 10.0 Å². The average molecular weight is 469 g/mol. The van der Waals surface area contributed by atoms with Gasteiger partial charge in [0.25, 0.3) is 5.91 Å². The van der Waals surface area contributed by atoms with Crippen LogP contribution in [0.5, 0.6) is 0 Å². The van der Waals surface area contributed by atoms with Crippen molar-refractivity contribution in [3.8, 4) is 0 Å². The molecule has 0 fully saturated rings. The van der Waals surface area contributed by atoms with Crippen molar-refractivity contribution >= 4 is 33.1 Å². The first-order valence-electron chi connectivity index (χ1n) is 9.92. The van der Waals surface area contributed by atoms with Crippen LogP contribution in [0.3, 0.4) is 0 Å². The lowest BCUT2D eigenvalue weighted by molar-refractivity contribution is 0.0764. The minimum atomic E-state index is -3.72. The number of carbonyl (C=O) groups is 2. The number of hydrogen-bond donors (Lipinski definition) is 1. The number of thiophene rings is 1. The minimum absolute atomic E-state index is 0.0802. The molecular formula is C24H24N2O4S2. The number of amides is 1. The zero-order valence-corrected chi connectivity index (χ0v) is 19.3. The highest BCUT2D eigenvalue weighted by Crippen LogP contribution is 2.16. The van der Waals surface area contributed by atoms with E-state index in [2.05, 4.69) is 11.3 Å². The van der Waals surface area contributed by atoms with Crippen LogP contribution in [-0.4, -0.2) is 31.6 Å². The lowest BCUT2D eigenvalue weighted by Gasteiger charge is -2.20. The molecule has 0 radical (unpaired) electrons. The molecule has 0 saturated heterocycles. The molecule has 1 aromatic heterocycles. The molecule has 0 atom stereocenters. The van der Waals surface area contributed by atoms with E-state index in [1.54, 1.807) is 46.6 Å². The number of rotatable bonds is 10. The fourth-order valence-corrected chi connectivity index (χ4v) is 4.78. The Hall–Kier alpha value is -3.07. The number of nitrogens with zero attached hydrogens (tertiary/aromatic N) is 1. The first kappa shape index (κ1) is 23.6. The second-order valence-electron chi connectivity index (χ2n) is 7.16. The molecule has 0 spiro atoms. The predicted octanol–water partition coefficient (Wildman–Crippen LogP) is 4.26. The Bertz CT molecular complexity index is 1180. The highest BCUT2D eigenvalue weighted by atomic mass is 32.2. The van der Waals surface area contributed by atoms with Crippen molar-refractivity contribution in [3.63, 3.8) is 0 Å². The van der Waals surface area contributed by atoms with Gasteiger partial charge >= 0.3 is 0 Å². The summed E-state index contributed by atoms with van der Waals surface area (Å²) < 4.78 is 27.6. The normalized spacial score (nSPS) is 11.2. The Kier molecular flexibility index (Phi) is 7.74. The summed E-state index contributed by atoms with van der Waals surface area (Å²) in [6, 6.07) is 16.6. The second kappa shape index (κ2) is 10.5. The zero-order valence-electron chi connectivity index (χ0n) is 17.7. The summed E-state index contributed by atoms with van der Waals surface area (Å²) in [5.74, 6) is -0.241. The molecule has 0 unspecified atom stereocenters. The van der Waals surface area contributed by atoms with Crippen LogP contribution < -0.4 is 4.72 Å². The molecule has 3 aromatic rings. The van der Waals surface area contributed by atoms with Crippen LogP contribution in [0.25, 0.3) is 0 Å². The van der Waals surface area contributed by atoms with Gasteiger partial charge in [-0.05, 0) is 48.2 Å². The lowest BCUT2D eigenvalue weighted by atomic mass is 10.1. The molecule has 32 heavy (non-hydrogen) atoms. The molecular weight excluding hydrogens is 444 g/mol. The summed E-state index contributed by atoms with van der Waals surface area (Å²) in [7, 11) is -3.72. The van der Waals surface area contributed by atoms with E-state index < -0.39 is 10.0 Å². The molecule has 0 saturated carbocycles. The summed E-state index contributed by atoms with van der Waals surface area (Å²) in [5, 5.41) is 1.97. The minimum Gasteiger partial charge on any atom is -0.330 e. The standard InChI is InChI=1S/C24H24N2O4S2/c1-3-14-26(17-22-5-4-15-31-22)24(28)21-8-6-19(7-9-21)16-25-32(29,30)23-12-10-20(11-13-23)18(2)27/h3-13,15,25H,1,14,16-17H2,2H3. The largest absolute Gasteiger partial charge is 0.330 e. The van der Waals surface area contributed by atoms with Crippen LogP contribution in [0.4, 0.5) is 0 Å². The van der Waals surface area contributed by atoms with E-state index in [4.69, 9.17) is 0 Å². The van der Waals surface area contributed by atoms with Gasteiger partial charge in [0.05, 0.1) is 11.4 Å². The third kappa shape index (κ3) is 6.00. The number of hydrogen-bond acceptors (Lipinski definition) is 5.